The first kappa shape index (κ1) is 23.5. The first-order chi connectivity index (χ1) is 16.6. The highest BCUT2D eigenvalue weighted by molar-refractivity contribution is 5.79. The molecule has 1 atom stereocenters. The van der Waals surface area contributed by atoms with Gasteiger partial charge < -0.3 is 9.32 Å². The summed E-state index contributed by atoms with van der Waals surface area (Å²) in [6, 6.07) is 18.6. The Labute approximate surface area is 199 Å². The molecule has 0 aliphatic carbocycles. The van der Waals surface area contributed by atoms with Crippen LogP contribution in [0, 0.1) is 0 Å². The maximum atomic E-state index is 13.8. The minimum atomic E-state index is -0.396. The lowest BCUT2D eigenvalue weighted by molar-refractivity contribution is -0.135. The van der Waals surface area contributed by atoms with Crippen LogP contribution < -0.4 is 5.56 Å². The van der Waals surface area contributed by atoms with Crippen LogP contribution in [-0.2, 0) is 17.8 Å². The second-order valence-electron chi connectivity index (χ2n) is 8.42. The van der Waals surface area contributed by atoms with Crippen LogP contribution in [0.3, 0.4) is 0 Å². The van der Waals surface area contributed by atoms with Gasteiger partial charge in [-0.15, -0.1) is 0 Å². The number of furan rings is 1. The molecule has 2 aromatic carbocycles. The summed E-state index contributed by atoms with van der Waals surface area (Å²) in [6.45, 7) is 6.43. The SMILES string of the molecule is CCCC(=O)N(Cc1ccco1)C(CC)c1nc2ccccc2c(=O)n1-c1ccc(CC)cc1. The minimum Gasteiger partial charge on any atom is -0.467 e. The molecule has 1 amide bonds. The molecule has 0 radical (unpaired) electrons. The summed E-state index contributed by atoms with van der Waals surface area (Å²) in [4.78, 5) is 33.8. The molecule has 4 aromatic rings. The van der Waals surface area contributed by atoms with Crippen molar-refractivity contribution in [1.82, 2.24) is 14.5 Å². The zero-order chi connectivity index (χ0) is 24.1. The van der Waals surface area contributed by atoms with Crippen LogP contribution in [0.15, 0.2) is 76.1 Å². The van der Waals surface area contributed by atoms with Crippen LogP contribution in [0.1, 0.15) is 63.2 Å². The maximum absolute atomic E-state index is 13.8. The molecule has 0 aliphatic heterocycles. The molecule has 0 saturated carbocycles. The first-order valence-electron chi connectivity index (χ1n) is 12.0. The van der Waals surface area contributed by atoms with Crippen molar-refractivity contribution in [3.63, 3.8) is 0 Å². The van der Waals surface area contributed by atoms with E-state index >= 15 is 0 Å². The third kappa shape index (κ3) is 4.67. The normalized spacial score (nSPS) is 12.1. The van der Waals surface area contributed by atoms with Crippen molar-refractivity contribution in [2.45, 2.75) is 59.0 Å². The average molecular weight is 458 g/mol. The molecule has 2 heterocycles. The molecule has 34 heavy (non-hydrogen) atoms. The zero-order valence-corrected chi connectivity index (χ0v) is 20.0. The summed E-state index contributed by atoms with van der Waals surface area (Å²) in [7, 11) is 0. The third-order valence-corrected chi connectivity index (χ3v) is 6.16. The molecule has 6 nitrogen and oxygen atoms in total. The smallest absolute Gasteiger partial charge is 0.266 e. The summed E-state index contributed by atoms with van der Waals surface area (Å²) >= 11 is 0. The van der Waals surface area contributed by atoms with Gasteiger partial charge in [0.2, 0.25) is 5.91 Å². The third-order valence-electron chi connectivity index (χ3n) is 6.16. The fourth-order valence-electron chi connectivity index (χ4n) is 4.35. The quantitative estimate of drug-likeness (QED) is 0.318. The Morgan fingerprint density at radius 1 is 1.03 bits per heavy atom. The van der Waals surface area contributed by atoms with Gasteiger partial charge in [0.15, 0.2) is 0 Å². The van der Waals surface area contributed by atoms with E-state index in [1.807, 2.05) is 68.4 Å². The van der Waals surface area contributed by atoms with Crippen molar-refractivity contribution < 1.29 is 9.21 Å². The topological polar surface area (TPSA) is 68.3 Å². The van der Waals surface area contributed by atoms with E-state index in [9.17, 15) is 9.59 Å². The van der Waals surface area contributed by atoms with Gasteiger partial charge in [0.05, 0.1) is 35.4 Å². The monoisotopic (exact) mass is 457 g/mol. The Balaban J connectivity index is 1.93. The molecule has 4 rings (SSSR count). The van der Waals surface area contributed by atoms with E-state index in [4.69, 9.17) is 9.40 Å². The van der Waals surface area contributed by atoms with Gasteiger partial charge in [-0.1, -0.05) is 45.0 Å². The first-order valence-corrected chi connectivity index (χ1v) is 12.0. The fourth-order valence-corrected chi connectivity index (χ4v) is 4.35. The standard InChI is InChI=1S/C28H31N3O3/c1-4-10-26(32)30(19-22-11-9-18-34-22)25(6-3)27-29-24-13-8-7-12-23(24)28(33)31(27)21-16-14-20(5-2)15-17-21/h7-9,11-18,25H,4-6,10,19H2,1-3H3. The molecule has 1 unspecified atom stereocenters. The highest BCUT2D eigenvalue weighted by atomic mass is 16.3. The van der Waals surface area contributed by atoms with Crippen molar-refractivity contribution in [3.8, 4) is 5.69 Å². The molecular formula is C28H31N3O3. The molecule has 0 bridgehead atoms. The molecule has 0 fully saturated rings. The van der Waals surface area contributed by atoms with Crippen molar-refractivity contribution >= 4 is 16.8 Å². The Hall–Kier alpha value is -3.67. The average Bonchev–Trinajstić information content (AvgIpc) is 3.38. The van der Waals surface area contributed by atoms with Gasteiger partial charge in [0.1, 0.15) is 11.6 Å². The number of rotatable bonds is 9. The summed E-state index contributed by atoms with van der Waals surface area (Å²) in [6.07, 6.45) is 4.28. The number of hydrogen-bond donors (Lipinski definition) is 0. The fraction of sp³-hybridized carbons (Fsp3) is 0.321. The van der Waals surface area contributed by atoms with Gasteiger partial charge in [-0.05, 0) is 61.2 Å². The van der Waals surface area contributed by atoms with Gasteiger partial charge in [0.25, 0.3) is 5.56 Å². The van der Waals surface area contributed by atoms with Crippen LogP contribution in [0.2, 0.25) is 0 Å². The van der Waals surface area contributed by atoms with Gasteiger partial charge in [-0.25, -0.2) is 4.98 Å². The lowest BCUT2D eigenvalue weighted by Gasteiger charge is -2.32. The minimum absolute atomic E-state index is 0.0149. The second kappa shape index (κ2) is 10.5. The van der Waals surface area contributed by atoms with Crippen molar-refractivity contribution in [2.75, 3.05) is 0 Å². The van der Waals surface area contributed by atoms with E-state index in [0.717, 1.165) is 18.5 Å². The summed E-state index contributed by atoms with van der Waals surface area (Å²) in [5.74, 6) is 1.28. The van der Waals surface area contributed by atoms with Gasteiger partial charge in [0, 0.05) is 6.42 Å². The molecule has 0 spiro atoms. The Morgan fingerprint density at radius 2 is 1.79 bits per heavy atom. The van der Waals surface area contributed by atoms with Crippen LogP contribution in [0.5, 0.6) is 0 Å². The van der Waals surface area contributed by atoms with Crippen molar-refractivity contribution in [3.05, 3.63) is 94.4 Å². The lowest BCUT2D eigenvalue weighted by atomic mass is 10.1. The Kier molecular flexibility index (Phi) is 7.26. The van der Waals surface area contributed by atoms with E-state index in [0.29, 0.717) is 41.9 Å². The molecule has 0 N–H and O–H groups in total. The number of hydrogen-bond acceptors (Lipinski definition) is 4. The van der Waals surface area contributed by atoms with Gasteiger partial charge in [-0.3, -0.25) is 14.2 Å². The molecular weight excluding hydrogens is 426 g/mol. The molecule has 176 valence electrons. The summed E-state index contributed by atoms with van der Waals surface area (Å²) in [5, 5.41) is 0.554. The second-order valence-corrected chi connectivity index (χ2v) is 8.42. The number of benzene rings is 2. The Morgan fingerprint density at radius 3 is 2.44 bits per heavy atom. The maximum Gasteiger partial charge on any atom is 0.266 e. The van der Waals surface area contributed by atoms with Gasteiger partial charge >= 0.3 is 0 Å². The lowest BCUT2D eigenvalue weighted by Crippen LogP contribution is -2.38. The number of carbonyl (C=O) groups is 1. The number of aromatic nitrogens is 2. The van der Waals surface area contributed by atoms with E-state index in [2.05, 4.69) is 6.92 Å². The van der Waals surface area contributed by atoms with Gasteiger partial charge in [-0.2, -0.15) is 0 Å². The van der Waals surface area contributed by atoms with Crippen LogP contribution in [0.4, 0.5) is 0 Å². The number of fused-ring (bicyclic) bond motifs is 1. The highest BCUT2D eigenvalue weighted by Crippen LogP contribution is 2.28. The van der Waals surface area contributed by atoms with E-state index < -0.39 is 6.04 Å². The largest absolute Gasteiger partial charge is 0.467 e. The molecule has 6 heteroatoms. The van der Waals surface area contributed by atoms with Crippen LogP contribution in [-0.4, -0.2) is 20.4 Å². The number of carbonyl (C=O) groups excluding carboxylic acids is 1. The van der Waals surface area contributed by atoms with Crippen LogP contribution in [0.25, 0.3) is 16.6 Å². The predicted molar refractivity (Wildman–Crippen MR) is 134 cm³/mol. The number of para-hydroxylation sites is 1. The van der Waals surface area contributed by atoms with Crippen molar-refractivity contribution in [2.24, 2.45) is 0 Å². The summed E-state index contributed by atoms with van der Waals surface area (Å²) < 4.78 is 7.25. The number of amides is 1. The molecule has 0 saturated heterocycles. The molecule has 2 aromatic heterocycles. The number of aryl methyl sites for hydroxylation is 1. The Bertz CT molecular complexity index is 1310. The van der Waals surface area contributed by atoms with E-state index in [1.165, 1.54) is 5.56 Å². The zero-order valence-electron chi connectivity index (χ0n) is 20.0. The molecule has 0 aliphatic rings. The van der Waals surface area contributed by atoms with E-state index in [1.54, 1.807) is 21.8 Å². The van der Waals surface area contributed by atoms with Crippen molar-refractivity contribution in [1.29, 1.82) is 0 Å². The van der Waals surface area contributed by atoms with Crippen LogP contribution >= 0.6 is 0 Å². The number of nitrogens with zero attached hydrogens (tertiary/aromatic N) is 3. The van der Waals surface area contributed by atoms with E-state index in [-0.39, 0.29) is 11.5 Å². The predicted octanol–water partition coefficient (Wildman–Crippen LogP) is 5.82. The highest BCUT2D eigenvalue weighted by Gasteiger charge is 2.29. The summed E-state index contributed by atoms with van der Waals surface area (Å²) in [5.41, 5.74) is 2.43.